The summed E-state index contributed by atoms with van der Waals surface area (Å²) >= 11 is 12.2. The number of nitrogens with zero attached hydrogens (tertiary/aromatic N) is 2. The van der Waals surface area contributed by atoms with Crippen molar-refractivity contribution in [2.45, 2.75) is 58.0 Å². The highest BCUT2D eigenvalue weighted by molar-refractivity contribution is 6.42. The molecule has 0 N–H and O–H groups in total. The summed E-state index contributed by atoms with van der Waals surface area (Å²) in [5, 5.41) is 1.18. The monoisotopic (exact) mass is 394 g/mol. The van der Waals surface area contributed by atoms with Crippen molar-refractivity contribution in [3.8, 4) is 0 Å². The van der Waals surface area contributed by atoms with E-state index in [0.717, 1.165) is 31.6 Å². The molecule has 2 aliphatic heterocycles. The minimum atomic E-state index is 0.292. The Balaban J connectivity index is 1.73. The molecule has 2 aliphatic rings. The second kappa shape index (κ2) is 8.77. The van der Waals surface area contributed by atoms with E-state index in [1.807, 2.05) is 25.1 Å². The molecular formula is C21H28Cl2N2O. The number of hydrogen-bond donors (Lipinski definition) is 0. The van der Waals surface area contributed by atoms with E-state index in [1.54, 1.807) is 0 Å². The second-order valence-corrected chi connectivity index (χ2v) is 8.25. The third-order valence-corrected chi connectivity index (χ3v) is 6.55. The van der Waals surface area contributed by atoms with Gasteiger partial charge in [-0.1, -0.05) is 48.7 Å². The fourth-order valence-corrected chi connectivity index (χ4v) is 4.52. The van der Waals surface area contributed by atoms with Gasteiger partial charge >= 0.3 is 0 Å². The minimum Gasteiger partial charge on any atom is -0.341 e. The number of hydrogen-bond acceptors (Lipinski definition) is 2. The number of benzene rings is 1. The summed E-state index contributed by atoms with van der Waals surface area (Å²) in [5.74, 6) is 0.292. The molecule has 3 nitrogen and oxygen atoms in total. The lowest BCUT2D eigenvalue weighted by Crippen LogP contribution is -2.48. The van der Waals surface area contributed by atoms with Crippen LogP contribution in [-0.2, 0) is 4.79 Å². The van der Waals surface area contributed by atoms with Crippen molar-refractivity contribution in [1.29, 1.82) is 0 Å². The average molecular weight is 395 g/mol. The molecule has 2 heterocycles. The molecule has 2 unspecified atom stereocenters. The van der Waals surface area contributed by atoms with Crippen LogP contribution in [0.25, 0.3) is 5.57 Å². The quantitative estimate of drug-likeness (QED) is 0.694. The van der Waals surface area contributed by atoms with Gasteiger partial charge in [0.25, 0.3) is 0 Å². The van der Waals surface area contributed by atoms with Crippen LogP contribution in [0.15, 0.2) is 24.3 Å². The molecule has 5 heteroatoms. The van der Waals surface area contributed by atoms with Crippen molar-refractivity contribution in [2.75, 3.05) is 19.6 Å². The Bertz CT molecular complexity index is 689. The van der Waals surface area contributed by atoms with E-state index < -0.39 is 0 Å². The van der Waals surface area contributed by atoms with Gasteiger partial charge in [-0.05, 0) is 49.5 Å². The molecule has 0 aromatic heterocycles. The van der Waals surface area contributed by atoms with E-state index in [4.69, 9.17) is 23.2 Å². The van der Waals surface area contributed by atoms with E-state index in [2.05, 4.69) is 22.8 Å². The summed E-state index contributed by atoms with van der Waals surface area (Å²) in [7, 11) is 0. The van der Waals surface area contributed by atoms with Crippen molar-refractivity contribution >= 4 is 34.7 Å². The van der Waals surface area contributed by atoms with Crippen molar-refractivity contribution in [3.63, 3.8) is 0 Å². The van der Waals surface area contributed by atoms with Crippen molar-refractivity contribution < 1.29 is 4.79 Å². The predicted octanol–water partition coefficient (Wildman–Crippen LogP) is 5.26. The summed E-state index contributed by atoms with van der Waals surface area (Å²) in [4.78, 5) is 16.9. The molecule has 2 fully saturated rings. The molecule has 2 saturated heterocycles. The Kier molecular flexibility index (Phi) is 6.65. The first kappa shape index (κ1) is 19.7. The van der Waals surface area contributed by atoms with Crippen LogP contribution in [0.2, 0.25) is 10.0 Å². The maximum Gasteiger partial charge on any atom is 0.222 e. The standard InChI is InChI=1S/C21H28Cl2N2O/c1-3-21(26)24-11-10-17-5-4-6-18(14-24)25(17)12-9-15(2)16-7-8-19(22)20(23)13-16/h7-9,13,17-18H,3-6,10-12,14H2,1-2H3. The SMILES string of the molecule is CCC(=O)N1CCC2CCCC(C1)N2CC=C(C)c1ccc(Cl)c(Cl)c1. The van der Waals surface area contributed by atoms with Gasteiger partial charge in [0.1, 0.15) is 0 Å². The Morgan fingerprint density at radius 2 is 1.96 bits per heavy atom. The second-order valence-electron chi connectivity index (χ2n) is 7.43. The molecule has 26 heavy (non-hydrogen) atoms. The predicted molar refractivity (Wildman–Crippen MR) is 110 cm³/mol. The highest BCUT2D eigenvalue weighted by Crippen LogP contribution is 2.30. The largest absolute Gasteiger partial charge is 0.341 e. The van der Waals surface area contributed by atoms with Crippen LogP contribution in [0, 0.1) is 0 Å². The highest BCUT2D eigenvalue weighted by Gasteiger charge is 2.35. The number of piperidine rings is 1. The number of amides is 1. The third kappa shape index (κ3) is 4.44. The summed E-state index contributed by atoms with van der Waals surface area (Å²) in [6.45, 7) is 6.79. The van der Waals surface area contributed by atoms with Crippen LogP contribution in [0.5, 0.6) is 0 Å². The van der Waals surface area contributed by atoms with E-state index >= 15 is 0 Å². The number of halogens is 2. The van der Waals surface area contributed by atoms with Gasteiger partial charge in [0.15, 0.2) is 0 Å². The molecule has 0 spiro atoms. The summed E-state index contributed by atoms with van der Waals surface area (Å²) in [6, 6.07) is 6.86. The number of carbonyl (C=O) groups excluding carboxylic acids is 1. The molecule has 2 bridgehead atoms. The number of fused-ring (bicyclic) bond motifs is 2. The zero-order valence-electron chi connectivity index (χ0n) is 15.7. The van der Waals surface area contributed by atoms with Gasteiger partial charge in [0.05, 0.1) is 10.0 Å². The molecule has 3 rings (SSSR count). The van der Waals surface area contributed by atoms with Crippen LogP contribution in [-0.4, -0.2) is 47.4 Å². The smallest absolute Gasteiger partial charge is 0.222 e. The molecule has 0 saturated carbocycles. The first-order chi connectivity index (χ1) is 12.5. The fraction of sp³-hybridized carbons (Fsp3) is 0.571. The van der Waals surface area contributed by atoms with Gasteiger partial charge in [0.2, 0.25) is 5.91 Å². The van der Waals surface area contributed by atoms with Crippen molar-refractivity contribution in [3.05, 3.63) is 39.9 Å². The third-order valence-electron chi connectivity index (χ3n) is 5.81. The van der Waals surface area contributed by atoms with Crippen LogP contribution < -0.4 is 0 Å². The highest BCUT2D eigenvalue weighted by atomic mass is 35.5. The molecule has 0 radical (unpaired) electrons. The lowest BCUT2D eigenvalue weighted by Gasteiger charge is -2.40. The Hall–Kier alpha value is -1.03. The molecule has 1 aromatic rings. The molecule has 2 atom stereocenters. The van der Waals surface area contributed by atoms with E-state index in [1.165, 1.54) is 24.8 Å². The van der Waals surface area contributed by atoms with Crippen molar-refractivity contribution in [2.24, 2.45) is 0 Å². The maximum absolute atomic E-state index is 12.2. The lowest BCUT2D eigenvalue weighted by molar-refractivity contribution is -0.131. The molecule has 0 aliphatic carbocycles. The van der Waals surface area contributed by atoms with E-state index in [0.29, 0.717) is 34.5 Å². The zero-order chi connectivity index (χ0) is 18.7. The van der Waals surface area contributed by atoms with Gasteiger partial charge in [-0.15, -0.1) is 0 Å². The average Bonchev–Trinajstić information content (AvgIpc) is 2.73. The minimum absolute atomic E-state index is 0.292. The summed E-state index contributed by atoms with van der Waals surface area (Å²) in [6.07, 6.45) is 7.68. The van der Waals surface area contributed by atoms with Crippen LogP contribution in [0.1, 0.15) is 51.5 Å². The van der Waals surface area contributed by atoms with Crippen molar-refractivity contribution in [1.82, 2.24) is 9.80 Å². The molecule has 142 valence electrons. The van der Waals surface area contributed by atoms with Gasteiger partial charge in [0, 0.05) is 38.1 Å². The topological polar surface area (TPSA) is 23.6 Å². The zero-order valence-corrected chi connectivity index (χ0v) is 17.2. The van der Waals surface area contributed by atoms with E-state index in [9.17, 15) is 4.79 Å². The molecule has 1 aromatic carbocycles. The molecular weight excluding hydrogens is 367 g/mol. The Morgan fingerprint density at radius 1 is 1.19 bits per heavy atom. The van der Waals surface area contributed by atoms with Gasteiger partial charge < -0.3 is 4.90 Å². The number of rotatable bonds is 4. The normalized spacial score (nSPS) is 24.5. The first-order valence-corrected chi connectivity index (χ1v) is 10.4. The Labute approximate surface area is 166 Å². The lowest BCUT2D eigenvalue weighted by atomic mass is 9.94. The number of carbonyl (C=O) groups is 1. The molecule has 1 amide bonds. The van der Waals surface area contributed by atoms with Crippen LogP contribution >= 0.6 is 23.2 Å². The van der Waals surface area contributed by atoms with Crippen LogP contribution in [0.3, 0.4) is 0 Å². The van der Waals surface area contributed by atoms with Gasteiger partial charge in [-0.3, -0.25) is 9.69 Å². The maximum atomic E-state index is 12.2. The van der Waals surface area contributed by atoms with Gasteiger partial charge in [-0.2, -0.15) is 0 Å². The first-order valence-electron chi connectivity index (χ1n) is 9.65. The van der Waals surface area contributed by atoms with Crippen LogP contribution in [0.4, 0.5) is 0 Å². The van der Waals surface area contributed by atoms with E-state index in [-0.39, 0.29) is 0 Å². The number of allylic oxidation sites excluding steroid dienone is 1. The summed E-state index contributed by atoms with van der Waals surface area (Å²) < 4.78 is 0. The summed E-state index contributed by atoms with van der Waals surface area (Å²) in [5.41, 5.74) is 2.33. The van der Waals surface area contributed by atoms with Gasteiger partial charge in [-0.25, -0.2) is 0 Å². The fourth-order valence-electron chi connectivity index (χ4n) is 4.23. The Morgan fingerprint density at radius 3 is 2.69 bits per heavy atom.